The quantitative estimate of drug-likeness (QED) is 0.912. The highest BCUT2D eigenvalue weighted by Crippen LogP contribution is 2.29. The minimum atomic E-state index is -0.987. The van der Waals surface area contributed by atoms with Crippen LogP contribution in [-0.2, 0) is 6.54 Å². The Bertz CT molecular complexity index is 730. The zero-order valence-corrected chi connectivity index (χ0v) is 13.5. The maximum atomic E-state index is 13.0. The Labute approximate surface area is 140 Å². The third-order valence-electron chi connectivity index (χ3n) is 4.51. The monoisotopic (exact) mass is 329 g/mol. The molecule has 5 heteroatoms. The minimum absolute atomic E-state index is 0.185. The van der Waals surface area contributed by atoms with E-state index in [-0.39, 0.29) is 11.4 Å². The number of carbonyl (C=O) groups is 1. The molecule has 1 N–H and O–H groups in total. The number of hydrogen-bond donors (Lipinski definition) is 1. The molecule has 1 heterocycles. The number of rotatable bonds is 5. The molecule has 1 unspecified atom stereocenters. The van der Waals surface area contributed by atoms with Crippen LogP contribution in [-0.4, -0.2) is 36.2 Å². The summed E-state index contributed by atoms with van der Waals surface area (Å²) in [6, 6.07) is 12.0. The maximum Gasteiger partial charge on any atom is 0.339 e. The molecule has 0 aromatic heterocycles. The van der Waals surface area contributed by atoms with Gasteiger partial charge < -0.3 is 9.84 Å². The molecule has 1 fully saturated rings. The predicted octanol–water partition coefficient (Wildman–Crippen LogP) is 3.52. The molecule has 0 amide bonds. The molecule has 1 saturated heterocycles. The van der Waals surface area contributed by atoms with Gasteiger partial charge in [-0.1, -0.05) is 18.2 Å². The van der Waals surface area contributed by atoms with Crippen molar-refractivity contribution in [1.82, 2.24) is 4.90 Å². The van der Waals surface area contributed by atoms with Crippen molar-refractivity contribution in [1.29, 1.82) is 0 Å². The normalized spacial score (nSPS) is 17.8. The van der Waals surface area contributed by atoms with E-state index in [1.54, 1.807) is 12.1 Å². The van der Waals surface area contributed by atoms with Crippen LogP contribution in [0.2, 0.25) is 0 Å². The Morgan fingerprint density at radius 1 is 1.29 bits per heavy atom. The summed E-state index contributed by atoms with van der Waals surface area (Å²) in [5, 5.41) is 9.27. The summed E-state index contributed by atoms with van der Waals surface area (Å²) >= 11 is 0. The largest absolute Gasteiger partial charge is 0.496 e. The van der Waals surface area contributed by atoms with Gasteiger partial charge in [0.15, 0.2) is 0 Å². The summed E-state index contributed by atoms with van der Waals surface area (Å²) in [5.41, 5.74) is 2.29. The van der Waals surface area contributed by atoms with Crippen molar-refractivity contribution in [2.45, 2.75) is 18.9 Å². The van der Waals surface area contributed by atoms with Gasteiger partial charge in [-0.2, -0.15) is 0 Å². The van der Waals surface area contributed by atoms with Crippen molar-refractivity contribution in [2.75, 3.05) is 20.2 Å². The second-order valence-corrected chi connectivity index (χ2v) is 6.11. The van der Waals surface area contributed by atoms with E-state index in [0.29, 0.717) is 18.2 Å². The Morgan fingerprint density at radius 3 is 2.71 bits per heavy atom. The summed E-state index contributed by atoms with van der Waals surface area (Å²) < 4.78 is 18.1. The fraction of sp³-hybridized carbons (Fsp3) is 0.316. The van der Waals surface area contributed by atoms with Gasteiger partial charge >= 0.3 is 5.97 Å². The van der Waals surface area contributed by atoms with E-state index in [1.807, 2.05) is 18.2 Å². The van der Waals surface area contributed by atoms with Crippen LogP contribution in [0.25, 0.3) is 0 Å². The fourth-order valence-corrected chi connectivity index (χ4v) is 3.26. The molecule has 1 aliphatic rings. The summed E-state index contributed by atoms with van der Waals surface area (Å²) in [6.45, 7) is 2.53. The first-order chi connectivity index (χ1) is 11.6. The number of nitrogens with zero attached hydrogens (tertiary/aromatic N) is 1. The molecule has 0 radical (unpaired) electrons. The summed E-state index contributed by atoms with van der Waals surface area (Å²) in [4.78, 5) is 13.6. The minimum Gasteiger partial charge on any atom is -0.496 e. The lowest BCUT2D eigenvalue weighted by atomic mass is 9.98. The van der Waals surface area contributed by atoms with Gasteiger partial charge in [0, 0.05) is 13.1 Å². The standard InChI is InChI=1S/C19H20FNO3/c1-24-18-7-2-13(10-17(18)19(22)23)11-21-9-8-15(12-21)14-3-5-16(20)6-4-14/h2-7,10,15H,8-9,11-12H2,1H3,(H,22,23). The molecule has 2 aromatic carbocycles. The lowest BCUT2D eigenvalue weighted by Gasteiger charge is -2.17. The molecule has 0 bridgehead atoms. The lowest BCUT2D eigenvalue weighted by Crippen LogP contribution is -2.20. The van der Waals surface area contributed by atoms with E-state index < -0.39 is 5.97 Å². The van der Waals surface area contributed by atoms with Gasteiger partial charge in [0.1, 0.15) is 17.1 Å². The first-order valence-electron chi connectivity index (χ1n) is 7.95. The highest BCUT2D eigenvalue weighted by Gasteiger charge is 2.24. The van der Waals surface area contributed by atoms with Crippen LogP contribution in [0.5, 0.6) is 5.75 Å². The molecule has 0 saturated carbocycles. The number of halogens is 1. The molecule has 126 valence electrons. The molecule has 2 aromatic rings. The number of carboxylic acids is 1. The van der Waals surface area contributed by atoms with Crippen LogP contribution in [0, 0.1) is 5.82 Å². The molecule has 4 nitrogen and oxygen atoms in total. The van der Waals surface area contributed by atoms with E-state index >= 15 is 0 Å². The third-order valence-corrected chi connectivity index (χ3v) is 4.51. The van der Waals surface area contributed by atoms with Crippen molar-refractivity contribution in [3.05, 3.63) is 65.0 Å². The smallest absolute Gasteiger partial charge is 0.339 e. The third kappa shape index (κ3) is 3.57. The first kappa shape index (κ1) is 16.5. The Kier molecular flexibility index (Phi) is 4.81. The summed E-state index contributed by atoms with van der Waals surface area (Å²) in [6.07, 6.45) is 1.02. The van der Waals surface area contributed by atoms with Crippen LogP contribution in [0.3, 0.4) is 0 Å². The average Bonchev–Trinajstić information content (AvgIpc) is 3.04. The van der Waals surface area contributed by atoms with Gasteiger partial charge in [-0.3, -0.25) is 4.90 Å². The van der Waals surface area contributed by atoms with Crippen molar-refractivity contribution in [3.63, 3.8) is 0 Å². The molecule has 0 spiro atoms. The number of benzene rings is 2. The second-order valence-electron chi connectivity index (χ2n) is 6.11. The number of aromatic carboxylic acids is 1. The van der Waals surface area contributed by atoms with Crippen molar-refractivity contribution >= 4 is 5.97 Å². The van der Waals surface area contributed by atoms with Crippen molar-refractivity contribution in [2.24, 2.45) is 0 Å². The van der Waals surface area contributed by atoms with Crippen LogP contribution in [0.1, 0.15) is 33.8 Å². The van der Waals surface area contributed by atoms with Gasteiger partial charge in [0.2, 0.25) is 0 Å². The van der Waals surface area contributed by atoms with E-state index in [4.69, 9.17) is 4.74 Å². The van der Waals surface area contributed by atoms with E-state index in [2.05, 4.69) is 4.90 Å². The molecule has 0 aliphatic carbocycles. The van der Waals surface area contributed by atoms with E-state index in [0.717, 1.165) is 30.6 Å². The molecular weight excluding hydrogens is 309 g/mol. The number of carboxylic acid groups (broad SMARTS) is 1. The van der Waals surface area contributed by atoms with Crippen LogP contribution in [0.4, 0.5) is 4.39 Å². The first-order valence-corrected chi connectivity index (χ1v) is 7.95. The SMILES string of the molecule is COc1ccc(CN2CCC(c3ccc(F)cc3)C2)cc1C(=O)O. The summed E-state index contributed by atoms with van der Waals surface area (Å²) in [5.74, 6) is -0.438. The van der Waals surface area contributed by atoms with Gasteiger partial charge in [0.05, 0.1) is 7.11 Å². The zero-order valence-electron chi connectivity index (χ0n) is 13.5. The Morgan fingerprint density at radius 2 is 2.04 bits per heavy atom. The van der Waals surface area contributed by atoms with Gasteiger partial charge in [-0.25, -0.2) is 9.18 Å². The van der Waals surface area contributed by atoms with Crippen LogP contribution >= 0.6 is 0 Å². The second kappa shape index (κ2) is 7.01. The number of likely N-dealkylation sites (tertiary alicyclic amines) is 1. The maximum absolute atomic E-state index is 13.0. The van der Waals surface area contributed by atoms with Crippen molar-refractivity contribution < 1.29 is 19.0 Å². The molecule has 3 rings (SSSR count). The van der Waals surface area contributed by atoms with Crippen LogP contribution in [0.15, 0.2) is 42.5 Å². The van der Waals surface area contributed by atoms with Gasteiger partial charge in [-0.15, -0.1) is 0 Å². The zero-order chi connectivity index (χ0) is 17.1. The number of ether oxygens (including phenoxy) is 1. The number of methoxy groups -OCH3 is 1. The predicted molar refractivity (Wildman–Crippen MR) is 89.0 cm³/mol. The molecule has 1 aliphatic heterocycles. The molecule has 1 atom stereocenters. The topological polar surface area (TPSA) is 49.8 Å². The lowest BCUT2D eigenvalue weighted by molar-refractivity contribution is 0.0693. The highest BCUT2D eigenvalue weighted by atomic mass is 19.1. The highest BCUT2D eigenvalue weighted by molar-refractivity contribution is 5.91. The Hall–Kier alpha value is -2.40. The van der Waals surface area contributed by atoms with Gasteiger partial charge in [-0.05, 0) is 54.3 Å². The average molecular weight is 329 g/mol. The summed E-state index contributed by atoms with van der Waals surface area (Å²) in [7, 11) is 1.47. The fourth-order valence-electron chi connectivity index (χ4n) is 3.26. The van der Waals surface area contributed by atoms with Crippen LogP contribution < -0.4 is 4.74 Å². The molecule has 24 heavy (non-hydrogen) atoms. The van der Waals surface area contributed by atoms with E-state index in [1.165, 1.54) is 19.2 Å². The number of hydrogen-bond acceptors (Lipinski definition) is 3. The Balaban J connectivity index is 1.68. The van der Waals surface area contributed by atoms with Gasteiger partial charge in [0.25, 0.3) is 0 Å². The van der Waals surface area contributed by atoms with E-state index in [9.17, 15) is 14.3 Å². The molecular formula is C19H20FNO3. The van der Waals surface area contributed by atoms with Crippen molar-refractivity contribution in [3.8, 4) is 5.75 Å².